The minimum Gasteiger partial charge on any atom is -0.493 e. The number of rotatable bonds is 7. The van der Waals surface area contributed by atoms with Crippen molar-refractivity contribution in [3.05, 3.63) is 93.5 Å². The van der Waals surface area contributed by atoms with Gasteiger partial charge >= 0.3 is 0 Å². The van der Waals surface area contributed by atoms with Crippen LogP contribution in [-0.4, -0.2) is 37.6 Å². The van der Waals surface area contributed by atoms with Crippen molar-refractivity contribution in [3.63, 3.8) is 0 Å². The summed E-state index contributed by atoms with van der Waals surface area (Å²) in [5, 5.41) is 3.65. The van der Waals surface area contributed by atoms with Gasteiger partial charge in [-0.05, 0) is 61.2 Å². The van der Waals surface area contributed by atoms with Gasteiger partial charge in [0.05, 0.1) is 30.8 Å². The molecule has 3 aromatic rings. The summed E-state index contributed by atoms with van der Waals surface area (Å²) >= 11 is 6.29. The molecule has 34 heavy (non-hydrogen) atoms. The van der Waals surface area contributed by atoms with Crippen molar-refractivity contribution < 1.29 is 14.3 Å². The first-order valence-corrected chi connectivity index (χ1v) is 11.9. The lowest BCUT2D eigenvalue weighted by atomic mass is 9.87. The number of halogens is 1. The second-order valence-electron chi connectivity index (χ2n) is 8.80. The Morgan fingerprint density at radius 2 is 1.76 bits per heavy atom. The number of carbonyl (C=O) groups excluding carboxylic acids is 1. The van der Waals surface area contributed by atoms with Crippen molar-refractivity contribution >= 4 is 17.5 Å². The van der Waals surface area contributed by atoms with Crippen LogP contribution in [0.1, 0.15) is 45.6 Å². The van der Waals surface area contributed by atoms with Crippen molar-refractivity contribution in [2.75, 3.05) is 20.8 Å². The van der Waals surface area contributed by atoms with Crippen LogP contribution in [-0.2, 0) is 13.0 Å². The predicted octanol–water partition coefficient (Wildman–Crippen LogP) is 5.58. The quantitative estimate of drug-likeness (QED) is 0.481. The molecule has 1 heterocycles. The Hall–Kier alpha value is -3.02. The Bertz CT molecular complexity index is 1160. The minimum absolute atomic E-state index is 0.0451. The third-order valence-electron chi connectivity index (χ3n) is 6.48. The molecule has 0 aliphatic carbocycles. The monoisotopic (exact) mass is 478 g/mol. The second-order valence-corrected chi connectivity index (χ2v) is 9.21. The standard InChI is InChI=1S/C28H31ClN2O3/c1-18-9-11-20(12-10-18)17-31-14-13-21-15-25(33-3)26(34-4)16-23(21)27(31)19(2)30-28(32)22-7-5-6-8-24(22)29/h5-12,15-16,19,27H,13-14,17H2,1-4H3,(H,30,32). The molecule has 1 N–H and O–H groups in total. The molecular formula is C28H31ClN2O3. The van der Waals surface area contributed by atoms with Crippen LogP contribution < -0.4 is 14.8 Å². The van der Waals surface area contributed by atoms with Crippen LogP contribution in [0.3, 0.4) is 0 Å². The third-order valence-corrected chi connectivity index (χ3v) is 6.81. The molecule has 0 saturated carbocycles. The van der Waals surface area contributed by atoms with Crippen molar-refractivity contribution in [1.82, 2.24) is 10.2 Å². The number of aryl methyl sites for hydroxylation is 1. The summed E-state index contributed by atoms with van der Waals surface area (Å²) in [5.41, 5.74) is 5.31. The highest BCUT2D eigenvalue weighted by Gasteiger charge is 2.34. The maximum Gasteiger partial charge on any atom is 0.253 e. The molecule has 0 fully saturated rings. The molecule has 6 heteroatoms. The van der Waals surface area contributed by atoms with Crippen molar-refractivity contribution in [2.45, 2.75) is 38.9 Å². The zero-order chi connectivity index (χ0) is 24.2. The lowest BCUT2D eigenvalue weighted by molar-refractivity contribution is 0.0877. The van der Waals surface area contributed by atoms with E-state index in [1.807, 2.05) is 19.1 Å². The van der Waals surface area contributed by atoms with Crippen molar-refractivity contribution in [3.8, 4) is 11.5 Å². The summed E-state index contributed by atoms with van der Waals surface area (Å²) in [6.07, 6.45) is 0.892. The number of fused-ring (bicyclic) bond motifs is 1. The number of nitrogens with zero attached hydrogens (tertiary/aromatic N) is 1. The van der Waals surface area contributed by atoms with Crippen molar-refractivity contribution in [2.24, 2.45) is 0 Å². The summed E-state index contributed by atoms with van der Waals surface area (Å²) in [4.78, 5) is 15.5. The molecule has 2 atom stereocenters. The zero-order valence-corrected chi connectivity index (χ0v) is 20.9. The van der Waals surface area contributed by atoms with Crippen molar-refractivity contribution in [1.29, 1.82) is 0 Å². The SMILES string of the molecule is COc1cc2c(cc1OC)C(C(C)NC(=O)c1ccccc1Cl)N(Cc1ccc(C)cc1)CC2. The van der Waals surface area contributed by atoms with E-state index in [1.54, 1.807) is 26.4 Å². The first-order valence-electron chi connectivity index (χ1n) is 11.5. The summed E-state index contributed by atoms with van der Waals surface area (Å²) < 4.78 is 11.2. The maximum atomic E-state index is 13.1. The molecule has 0 bridgehead atoms. The fraction of sp³-hybridized carbons (Fsp3) is 0.321. The number of nitrogens with one attached hydrogen (secondary N) is 1. The largest absolute Gasteiger partial charge is 0.493 e. The number of amides is 1. The number of benzene rings is 3. The van der Waals surface area contributed by atoms with Crippen LogP contribution in [0.5, 0.6) is 11.5 Å². The summed E-state index contributed by atoms with van der Waals surface area (Å²) in [6, 6.07) is 19.6. The lowest BCUT2D eigenvalue weighted by Gasteiger charge is -2.41. The molecule has 178 valence electrons. The molecule has 0 saturated heterocycles. The number of hydrogen-bond donors (Lipinski definition) is 1. The maximum absolute atomic E-state index is 13.1. The van der Waals surface area contributed by atoms with Gasteiger partial charge in [0.25, 0.3) is 5.91 Å². The Kier molecular flexibility index (Phi) is 7.44. The van der Waals surface area contributed by atoms with E-state index < -0.39 is 0 Å². The summed E-state index contributed by atoms with van der Waals surface area (Å²) in [6.45, 7) is 5.79. The van der Waals surface area contributed by atoms with E-state index in [9.17, 15) is 4.79 Å². The molecule has 4 rings (SSSR count). The Morgan fingerprint density at radius 3 is 2.44 bits per heavy atom. The Balaban J connectivity index is 1.69. The zero-order valence-electron chi connectivity index (χ0n) is 20.1. The second kappa shape index (κ2) is 10.5. The number of carbonyl (C=O) groups is 1. The first-order chi connectivity index (χ1) is 16.4. The minimum atomic E-state index is -0.180. The molecule has 0 aromatic heterocycles. The van der Waals surface area contributed by atoms with Gasteiger partial charge in [-0.15, -0.1) is 0 Å². The van der Waals surface area contributed by atoms with Crippen LogP contribution >= 0.6 is 11.6 Å². The topological polar surface area (TPSA) is 50.8 Å². The molecule has 1 aliphatic rings. The molecule has 1 amide bonds. The molecular weight excluding hydrogens is 448 g/mol. The third kappa shape index (κ3) is 5.06. The first kappa shape index (κ1) is 24.1. The van der Waals surface area contributed by atoms with Gasteiger partial charge in [-0.25, -0.2) is 0 Å². The van der Waals surface area contributed by atoms with Crippen LogP contribution in [0.4, 0.5) is 0 Å². The van der Waals surface area contributed by atoms with E-state index >= 15 is 0 Å². The number of methoxy groups -OCH3 is 2. The van der Waals surface area contributed by atoms with E-state index in [0.717, 1.165) is 30.8 Å². The lowest BCUT2D eigenvalue weighted by Crippen LogP contribution is -2.47. The summed E-state index contributed by atoms with van der Waals surface area (Å²) in [7, 11) is 3.30. The van der Waals surface area contributed by atoms with E-state index in [4.69, 9.17) is 21.1 Å². The number of hydrogen-bond acceptors (Lipinski definition) is 4. The van der Waals surface area contributed by atoms with Crippen LogP contribution in [0.25, 0.3) is 0 Å². The fourth-order valence-corrected chi connectivity index (χ4v) is 4.95. The normalized spacial score (nSPS) is 16.4. The average molecular weight is 479 g/mol. The number of ether oxygens (including phenoxy) is 2. The molecule has 0 spiro atoms. The van der Waals surface area contributed by atoms with Gasteiger partial charge in [0.2, 0.25) is 0 Å². The molecule has 3 aromatic carbocycles. The fourth-order valence-electron chi connectivity index (χ4n) is 4.73. The highest BCUT2D eigenvalue weighted by Crippen LogP contribution is 2.40. The van der Waals surface area contributed by atoms with Gasteiger partial charge in [-0.1, -0.05) is 53.6 Å². The highest BCUT2D eigenvalue weighted by molar-refractivity contribution is 6.33. The molecule has 2 unspecified atom stereocenters. The van der Waals surface area contributed by atoms with Gasteiger partial charge < -0.3 is 14.8 Å². The van der Waals surface area contributed by atoms with Gasteiger partial charge in [-0.2, -0.15) is 0 Å². The van der Waals surface area contributed by atoms with Crippen LogP contribution in [0.15, 0.2) is 60.7 Å². The average Bonchev–Trinajstić information content (AvgIpc) is 2.84. The van der Waals surface area contributed by atoms with E-state index in [1.165, 1.54) is 16.7 Å². The van der Waals surface area contributed by atoms with E-state index in [2.05, 4.69) is 53.5 Å². The molecule has 5 nitrogen and oxygen atoms in total. The van der Waals surface area contributed by atoms with E-state index in [-0.39, 0.29) is 18.0 Å². The van der Waals surface area contributed by atoms with E-state index in [0.29, 0.717) is 16.3 Å². The predicted molar refractivity (Wildman–Crippen MR) is 136 cm³/mol. The summed E-state index contributed by atoms with van der Waals surface area (Å²) in [5.74, 6) is 1.23. The van der Waals surface area contributed by atoms with Gasteiger partial charge in [-0.3, -0.25) is 9.69 Å². The van der Waals surface area contributed by atoms with Crippen LogP contribution in [0.2, 0.25) is 5.02 Å². The Labute approximate surface area is 206 Å². The van der Waals surface area contributed by atoms with Gasteiger partial charge in [0.15, 0.2) is 11.5 Å². The van der Waals surface area contributed by atoms with Crippen LogP contribution in [0, 0.1) is 6.92 Å². The molecule has 1 aliphatic heterocycles. The van der Waals surface area contributed by atoms with Gasteiger partial charge in [0, 0.05) is 19.1 Å². The molecule has 0 radical (unpaired) electrons. The smallest absolute Gasteiger partial charge is 0.253 e. The van der Waals surface area contributed by atoms with Gasteiger partial charge in [0.1, 0.15) is 0 Å². The Morgan fingerprint density at radius 1 is 1.09 bits per heavy atom. The highest BCUT2D eigenvalue weighted by atomic mass is 35.5.